The zero-order valence-electron chi connectivity index (χ0n) is 19.4. The number of carbonyl (C=O) groups is 2. The molecule has 1 aromatic heterocycles. The zero-order valence-corrected chi connectivity index (χ0v) is 19.4. The minimum Gasteiger partial charge on any atom is -0.497 e. The Labute approximate surface area is 202 Å². The highest BCUT2D eigenvalue weighted by atomic mass is 19.1. The maximum atomic E-state index is 13.7. The molecule has 3 aromatic carbocycles. The quantitative estimate of drug-likeness (QED) is 0.377. The van der Waals surface area contributed by atoms with Gasteiger partial charge in [0, 0.05) is 30.4 Å². The van der Waals surface area contributed by atoms with Crippen LogP contribution in [0.1, 0.15) is 26.3 Å². The lowest BCUT2D eigenvalue weighted by Gasteiger charge is -2.08. The third kappa shape index (κ3) is 5.55. The molecule has 0 atom stereocenters. The van der Waals surface area contributed by atoms with Gasteiger partial charge in [-0.15, -0.1) is 0 Å². The summed E-state index contributed by atoms with van der Waals surface area (Å²) in [7, 11) is 1.59. The van der Waals surface area contributed by atoms with Gasteiger partial charge in [-0.2, -0.15) is 5.10 Å². The van der Waals surface area contributed by atoms with E-state index in [1.807, 2.05) is 54.6 Å². The molecule has 0 radical (unpaired) electrons. The molecule has 1 heterocycles. The highest BCUT2D eigenvalue weighted by molar-refractivity contribution is 6.00. The second-order valence-electron chi connectivity index (χ2n) is 7.88. The highest BCUT2D eigenvalue weighted by Gasteiger charge is 2.19. The van der Waals surface area contributed by atoms with Crippen molar-refractivity contribution in [3.05, 3.63) is 102 Å². The van der Waals surface area contributed by atoms with Crippen molar-refractivity contribution in [2.45, 2.75) is 6.92 Å². The summed E-state index contributed by atoms with van der Waals surface area (Å²) in [4.78, 5) is 25.3. The van der Waals surface area contributed by atoms with E-state index in [1.165, 1.54) is 6.07 Å². The number of aromatic nitrogens is 2. The van der Waals surface area contributed by atoms with Crippen LogP contribution in [0.4, 0.5) is 4.39 Å². The van der Waals surface area contributed by atoms with Crippen LogP contribution in [0.15, 0.2) is 79.0 Å². The van der Waals surface area contributed by atoms with E-state index in [0.717, 1.165) is 11.3 Å². The molecule has 0 bridgehead atoms. The van der Waals surface area contributed by atoms with Crippen molar-refractivity contribution in [3.8, 4) is 22.7 Å². The Balaban J connectivity index is 1.47. The van der Waals surface area contributed by atoms with E-state index in [4.69, 9.17) is 4.74 Å². The first-order valence-electron chi connectivity index (χ1n) is 11.1. The van der Waals surface area contributed by atoms with Gasteiger partial charge in [0.1, 0.15) is 17.3 Å². The van der Waals surface area contributed by atoms with E-state index in [2.05, 4.69) is 15.7 Å². The second-order valence-corrected chi connectivity index (χ2v) is 7.88. The number of amides is 2. The predicted molar refractivity (Wildman–Crippen MR) is 131 cm³/mol. The first-order valence-corrected chi connectivity index (χ1v) is 11.1. The first kappa shape index (κ1) is 23.7. The van der Waals surface area contributed by atoms with Crippen molar-refractivity contribution in [1.29, 1.82) is 0 Å². The van der Waals surface area contributed by atoms with Gasteiger partial charge in [0.15, 0.2) is 0 Å². The molecule has 0 aliphatic rings. The number of methoxy groups -OCH3 is 1. The maximum Gasteiger partial charge on any atom is 0.255 e. The van der Waals surface area contributed by atoms with E-state index in [-0.39, 0.29) is 24.6 Å². The number of hydrogen-bond donors (Lipinski definition) is 2. The third-order valence-electron chi connectivity index (χ3n) is 5.47. The van der Waals surface area contributed by atoms with Crippen molar-refractivity contribution < 1.29 is 18.7 Å². The van der Waals surface area contributed by atoms with Crippen molar-refractivity contribution in [3.63, 3.8) is 0 Å². The van der Waals surface area contributed by atoms with Crippen LogP contribution in [0.25, 0.3) is 16.9 Å². The Morgan fingerprint density at radius 2 is 1.63 bits per heavy atom. The third-order valence-corrected chi connectivity index (χ3v) is 5.47. The van der Waals surface area contributed by atoms with Crippen LogP contribution in [0.5, 0.6) is 5.75 Å². The fraction of sp³-hybridized carbons (Fsp3) is 0.148. The summed E-state index contributed by atoms with van der Waals surface area (Å²) >= 11 is 0. The van der Waals surface area contributed by atoms with Crippen molar-refractivity contribution in [2.75, 3.05) is 20.2 Å². The molecule has 4 aromatic rings. The number of halogens is 1. The zero-order chi connectivity index (χ0) is 24.8. The van der Waals surface area contributed by atoms with Crippen molar-refractivity contribution >= 4 is 11.8 Å². The molecular formula is C27H25FN4O3. The fourth-order valence-electron chi connectivity index (χ4n) is 3.50. The average molecular weight is 473 g/mol. The number of aryl methyl sites for hydroxylation is 1. The first-order chi connectivity index (χ1) is 17.0. The summed E-state index contributed by atoms with van der Waals surface area (Å²) < 4.78 is 20.6. The lowest BCUT2D eigenvalue weighted by atomic mass is 10.1. The van der Waals surface area contributed by atoms with E-state index in [1.54, 1.807) is 37.0 Å². The van der Waals surface area contributed by atoms with Gasteiger partial charge < -0.3 is 15.4 Å². The number of hydrogen-bond acceptors (Lipinski definition) is 4. The number of carbonyl (C=O) groups excluding carboxylic acids is 2. The molecule has 0 saturated carbocycles. The largest absolute Gasteiger partial charge is 0.497 e. The van der Waals surface area contributed by atoms with E-state index in [0.29, 0.717) is 22.6 Å². The van der Waals surface area contributed by atoms with Gasteiger partial charge in [0.2, 0.25) is 0 Å². The van der Waals surface area contributed by atoms with E-state index < -0.39 is 11.7 Å². The Morgan fingerprint density at radius 3 is 2.29 bits per heavy atom. The van der Waals surface area contributed by atoms with Crippen LogP contribution < -0.4 is 15.4 Å². The van der Waals surface area contributed by atoms with Crippen LogP contribution >= 0.6 is 0 Å². The lowest BCUT2D eigenvalue weighted by Crippen LogP contribution is -2.34. The summed E-state index contributed by atoms with van der Waals surface area (Å²) in [5, 5.41) is 10.2. The monoisotopic (exact) mass is 472 g/mol. The molecule has 0 saturated heterocycles. The molecule has 2 amide bonds. The summed E-state index contributed by atoms with van der Waals surface area (Å²) in [6.45, 7) is 2.01. The Morgan fingerprint density at radius 1 is 0.943 bits per heavy atom. The molecule has 35 heavy (non-hydrogen) atoms. The van der Waals surface area contributed by atoms with Crippen LogP contribution in [-0.4, -0.2) is 41.8 Å². The van der Waals surface area contributed by atoms with Crippen LogP contribution in [0, 0.1) is 12.7 Å². The van der Waals surface area contributed by atoms with Gasteiger partial charge in [0.05, 0.1) is 18.4 Å². The molecule has 178 valence electrons. The Hall–Kier alpha value is -4.46. The Bertz CT molecular complexity index is 1330. The molecule has 0 unspecified atom stereocenters. The predicted octanol–water partition coefficient (Wildman–Crippen LogP) is 4.16. The second kappa shape index (κ2) is 10.6. The van der Waals surface area contributed by atoms with Crippen LogP contribution in [-0.2, 0) is 0 Å². The number of benzene rings is 3. The smallest absolute Gasteiger partial charge is 0.255 e. The minimum atomic E-state index is -0.438. The van der Waals surface area contributed by atoms with Gasteiger partial charge in [-0.25, -0.2) is 9.07 Å². The SMILES string of the molecule is COc1ccc(-c2nn(-c3ccccc3)cc2C(=O)NCCNC(=O)c2ccc(C)c(F)c2)cc1. The minimum absolute atomic E-state index is 0.185. The number of nitrogens with zero attached hydrogens (tertiary/aromatic N) is 2. The maximum absolute atomic E-state index is 13.7. The van der Waals surface area contributed by atoms with Gasteiger partial charge in [-0.3, -0.25) is 9.59 Å². The van der Waals surface area contributed by atoms with Crippen molar-refractivity contribution in [2.24, 2.45) is 0 Å². The van der Waals surface area contributed by atoms with E-state index >= 15 is 0 Å². The number of nitrogens with one attached hydrogen (secondary N) is 2. The van der Waals surface area contributed by atoms with Gasteiger partial charge >= 0.3 is 0 Å². The topological polar surface area (TPSA) is 85.2 Å². The fourth-order valence-corrected chi connectivity index (χ4v) is 3.50. The molecule has 2 N–H and O–H groups in total. The standard InChI is InChI=1S/C27H25FN4O3/c1-18-8-9-20(16-24(18)28)26(33)29-14-15-30-27(34)23-17-32(21-6-4-3-5-7-21)31-25(23)19-10-12-22(35-2)13-11-19/h3-13,16-17H,14-15H2,1-2H3,(H,29,33)(H,30,34). The molecule has 0 aliphatic heterocycles. The number of para-hydroxylation sites is 1. The summed E-state index contributed by atoms with van der Waals surface area (Å²) in [6.07, 6.45) is 1.68. The van der Waals surface area contributed by atoms with Crippen LogP contribution in [0.2, 0.25) is 0 Å². The lowest BCUT2D eigenvalue weighted by molar-refractivity contribution is 0.0928. The van der Waals surface area contributed by atoms with Gasteiger partial charge in [0.25, 0.3) is 11.8 Å². The number of ether oxygens (including phenoxy) is 1. The molecule has 4 rings (SSSR count). The molecule has 8 heteroatoms. The molecule has 0 aliphatic carbocycles. The van der Waals surface area contributed by atoms with Crippen molar-refractivity contribution in [1.82, 2.24) is 20.4 Å². The molecule has 0 fully saturated rings. The number of rotatable bonds is 8. The molecule has 7 nitrogen and oxygen atoms in total. The molecular weight excluding hydrogens is 447 g/mol. The normalized spacial score (nSPS) is 10.6. The Kier molecular flexibility index (Phi) is 7.21. The molecule has 0 spiro atoms. The average Bonchev–Trinajstić information content (AvgIpc) is 3.34. The summed E-state index contributed by atoms with van der Waals surface area (Å²) in [5.74, 6) is -0.471. The van der Waals surface area contributed by atoms with Gasteiger partial charge in [-0.1, -0.05) is 24.3 Å². The van der Waals surface area contributed by atoms with Crippen LogP contribution in [0.3, 0.4) is 0 Å². The summed E-state index contributed by atoms with van der Waals surface area (Å²) in [5.41, 5.74) is 3.20. The summed E-state index contributed by atoms with van der Waals surface area (Å²) in [6, 6.07) is 21.1. The van der Waals surface area contributed by atoms with Gasteiger partial charge in [-0.05, 0) is 61.0 Å². The highest BCUT2D eigenvalue weighted by Crippen LogP contribution is 2.26. The van der Waals surface area contributed by atoms with E-state index in [9.17, 15) is 14.0 Å².